The Morgan fingerprint density at radius 1 is 1.07 bits per heavy atom. The number of ether oxygens (including phenoxy) is 1. The van der Waals surface area contributed by atoms with Gasteiger partial charge in [0, 0.05) is 12.5 Å². The number of carbonyl (C=O) groups is 2. The minimum atomic E-state index is -0.619. The molecule has 0 spiro atoms. The lowest BCUT2D eigenvalue weighted by atomic mass is 9.98. The van der Waals surface area contributed by atoms with Crippen LogP contribution in [0.3, 0.4) is 0 Å². The number of hydrogen-bond donors (Lipinski definition) is 1. The molecule has 5 nitrogen and oxygen atoms in total. The molecule has 1 aliphatic carbocycles. The van der Waals surface area contributed by atoms with Crippen LogP contribution in [0.5, 0.6) is 0 Å². The van der Waals surface area contributed by atoms with E-state index in [4.69, 9.17) is 4.74 Å². The summed E-state index contributed by atoms with van der Waals surface area (Å²) in [4.78, 5) is 24.3. The molecule has 142 valence electrons. The molecule has 27 heavy (non-hydrogen) atoms. The number of alkyl halides is 1. The SMILES string of the molecule is CC(C)CN(NC(=O)OCC1c2ccccc2-c2ccccc21)C(=O)CBr. The molecule has 0 radical (unpaired) electrons. The van der Waals surface area contributed by atoms with Gasteiger partial charge in [-0.1, -0.05) is 78.3 Å². The van der Waals surface area contributed by atoms with Crippen LogP contribution in [-0.2, 0) is 9.53 Å². The van der Waals surface area contributed by atoms with Crippen molar-refractivity contribution in [3.05, 3.63) is 59.7 Å². The molecule has 0 saturated heterocycles. The van der Waals surface area contributed by atoms with Crippen molar-refractivity contribution in [2.24, 2.45) is 5.92 Å². The van der Waals surface area contributed by atoms with Crippen molar-refractivity contribution in [2.75, 3.05) is 18.5 Å². The summed E-state index contributed by atoms with van der Waals surface area (Å²) < 4.78 is 5.49. The van der Waals surface area contributed by atoms with Crippen LogP contribution in [0.15, 0.2) is 48.5 Å². The molecule has 2 amide bonds. The highest BCUT2D eigenvalue weighted by atomic mass is 79.9. The normalized spacial score (nSPS) is 12.4. The van der Waals surface area contributed by atoms with Crippen LogP contribution < -0.4 is 5.43 Å². The fourth-order valence-corrected chi connectivity index (χ4v) is 3.69. The van der Waals surface area contributed by atoms with Crippen molar-refractivity contribution >= 4 is 27.9 Å². The molecular weight excluding hydrogens is 408 g/mol. The Balaban J connectivity index is 1.69. The van der Waals surface area contributed by atoms with Gasteiger partial charge >= 0.3 is 6.09 Å². The van der Waals surface area contributed by atoms with Crippen molar-refractivity contribution in [3.63, 3.8) is 0 Å². The predicted octanol–water partition coefficient (Wildman–Crippen LogP) is 4.32. The number of hydrogen-bond acceptors (Lipinski definition) is 3. The van der Waals surface area contributed by atoms with Crippen LogP contribution in [0.4, 0.5) is 4.79 Å². The first-order valence-corrected chi connectivity index (χ1v) is 10.1. The molecule has 0 saturated carbocycles. The zero-order chi connectivity index (χ0) is 19.4. The molecule has 0 bridgehead atoms. The number of carbonyl (C=O) groups excluding carboxylic acids is 2. The Kier molecular flexibility index (Phi) is 6.16. The number of nitrogens with zero attached hydrogens (tertiary/aromatic N) is 1. The number of rotatable bonds is 5. The highest BCUT2D eigenvalue weighted by molar-refractivity contribution is 9.09. The summed E-state index contributed by atoms with van der Waals surface area (Å²) in [6, 6.07) is 16.3. The molecule has 2 aromatic rings. The van der Waals surface area contributed by atoms with Gasteiger partial charge in [0.25, 0.3) is 5.91 Å². The van der Waals surface area contributed by atoms with Gasteiger partial charge in [-0.05, 0) is 28.2 Å². The van der Waals surface area contributed by atoms with Gasteiger partial charge in [-0.25, -0.2) is 10.2 Å². The monoisotopic (exact) mass is 430 g/mol. The first-order chi connectivity index (χ1) is 13.0. The number of benzene rings is 2. The summed E-state index contributed by atoms with van der Waals surface area (Å²) in [6.45, 7) is 4.61. The van der Waals surface area contributed by atoms with Crippen LogP contribution in [0.2, 0.25) is 0 Å². The fraction of sp³-hybridized carbons (Fsp3) is 0.333. The molecule has 3 rings (SSSR count). The third-order valence-corrected chi connectivity index (χ3v) is 5.01. The number of nitrogens with one attached hydrogen (secondary N) is 1. The molecular formula is C21H23BrN2O3. The first kappa shape index (κ1) is 19.4. The van der Waals surface area contributed by atoms with Crippen molar-refractivity contribution < 1.29 is 14.3 Å². The van der Waals surface area contributed by atoms with Gasteiger partial charge in [0.05, 0.1) is 5.33 Å². The summed E-state index contributed by atoms with van der Waals surface area (Å²) in [6.07, 6.45) is -0.619. The molecule has 1 aliphatic rings. The average Bonchev–Trinajstić information content (AvgIpc) is 2.99. The summed E-state index contributed by atoms with van der Waals surface area (Å²) in [7, 11) is 0. The summed E-state index contributed by atoms with van der Waals surface area (Å²) in [5.41, 5.74) is 7.23. The molecule has 1 N–H and O–H groups in total. The highest BCUT2D eigenvalue weighted by Gasteiger charge is 2.29. The van der Waals surface area contributed by atoms with Gasteiger partial charge in [0.15, 0.2) is 0 Å². The van der Waals surface area contributed by atoms with E-state index in [-0.39, 0.29) is 29.7 Å². The van der Waals surface area contributed by atoms with Gasteiger partial charge < -0.3 is 4.74 Å². The third-order valence-electron chi connectivity index (χ3n) is 4.53. The molecule has 6 heteroatoms. The topological polar surface area (TPSA) is 58.6 Å². The molecule has 0 fully saturated rings. The van der Waals surface area contributed by atoms with Crippen LogP contribution in [0.1, 0.15) is 30.9 Å². The van der Waals surface area contributed by atoms with E-state index in [9.17, 15) is 9.59 Å². The quantitative estimate of drug-likeness (QED) is 0.567. The lowest BCUT2D eigenvalue weighted by Gasteiger charge is -2.24. The predicted molar refractivity (Wildman–Crippen MR) is 109 cm³/mol. The standard InChI is InChI=1S/C21H23BrN2O3/c1-14(2)12-24(20(25)11-22)23-21(26)27-13-19-17-9-5-3-7-15(17)16-8-4-6-10-18(16)19/h3-10,14,19H,11-13H2,1-2H3,(H,23,26). The average molecular weight is 431 g/mol. The first-order valence-electron chi connectivity index (χ1n) is 8.99. The van der Waals surface area contributed by atoms with Crippen molar-refractivity contribution in [3.8, 4) is 11.1 Å². The van der Waals surface area contributed by atoms with E-state index in [1.807, 2.05) is 38.1 Å². The van der Waals surface area contributed by atoms with Crippen molar-refractivity contribution in [1.29, 1.82) is 0 Å². The largest absolute Gasteiger partial charge is 0.447 e. The Labute approximate surface area is 167 Å². The second-order valence-corrected chi connectivity index (χ2v) is 7.53. The van der Waals surface area contributed by atoms with Gasteiger partial charge in [-0.2, -0.15) is 0 Å². The smallest absolute Gasteiger partial charge is 0.426 e. The van der Waals surface area contributed by atoms with E-state index in [1.165, 1.54) is 16.1 Å². The number of hydrazine groups is 1. The number of halogens is 1. The van der Waals surface area contributed by atoms with Crippen molar-refractivity contribution in [1.82, 2.24) is 10.4 Å². The third kappa shape index (κ3) is 4.33. The zero-order valence-corrected chi connectivity index (χ0v) is 17.0. The second-order valence-electron chi connectivity index (χ2n) is 6.97. The Morgan fingerprint density at radius 3 is 2.15 bits per heavy atom. The van der Waals surface area contributed by atoms with E-state index < -0.39 is 6.09 Å². The van der Waals surface area contributed by atoms with E-state index in [0.717, 1.165) is 11.1 Å². The highest BCUT2D eigenvalue weighted by Crippen LogP contribution is 2.44. The summed E-state index contributed by atoms with van der Waals surface area (Å²) in [5.74, 6) is 0.00710. The maximum absolute atomic E-state index is 12.3. The van der Waals surface area contributed by atoms with Gasteiger partial charge in [0.2, 0.25) is 0 Å². The fourth-order valence-electron chi connectivity index (χ4n) is 3.39. The Hall–Kier alpha value is -2.34. The molecule has 0 heterocycles. The van der Waals surface area contributed by atoms with E-state index in [2.05, 4.69) is 45.6 Å². The summed E-state index contributed by atoms with van der Waals surface area (Å²) >= 11 is 3.14. The second kappa shape index (κ2) is 8.57. The van der Waals surface area contributed by atoms with E-state index in [1.54, 1.807) is 0 Å². The minimum Gasteiger partial charge on any atom is -0.447 e. The molecule has 0 unspecified atom stereocenters. The number of fused-ring (bicyclic) bond motifs is 3. The lowest BCUT2D eigenvalue weighted by Crippen LogP contribution is -2.48. The maximum atomic E-state index is 12.3. The van der Waals surface area contributed by atoms with E-state index >= 15 is 0 Å². The van der Waals surface area contributed by atoms with Crippen LogP contribution in [0.25, 0.3) is 11.1 Å². The van der Waals surface area contributed by atoms with Crippen LogP contribution in [-0.4, -0.2) is 35.5 Å². The number of amides is 2. The van der Waals surface area contributed by atoms with Gasteiger partial charge in [-0.3, -0.25) is 9.80 Å². The van der Waals surface area contributed by atoms with Crippen LogP contribution in [0, 0.1) is 5.92 Å². The Morgan fingerprint density at radius 2 is 1.63 bits per heavy atom. The molecule has 0 aliphatic heterocycles. The minimum absolute atomic E-state index is 0.00595. The zero-order valence-electron chi connectivity index (χ0n) is 15.4. The molecule has 0 atom stereocenters. The van der Waals surface area contributed by atoms with E-state index in [0.29, 0.717) is 6.54 Å². The summed E-state index contributed by atoms with van der Waals surface area (Å²) in [5, 5.41) is 1.45. The molecule has 2 aromatic carbocycles. The van der Waals surface area contributed by atoms with Crippen molar-refractivity contribution in [2.45, 2.75) is 19.8 Å². The molecule has 0 aromatic heterocycles. The van der Waals surface area contributed by atoms with Gasteiger partial charge in [0.1, 0.15) is 6.61 Å². The maximum Gasteiger partial charge on any atom is 0.426 e. The Bertz CT molecular complexity index is 792. The van der Waals surface area contributed by atoms with Gasteiger partial charge in [-0.15, -0.1) is 0 Å². The van der Waals surface area contributed by atoms with Crippen LogP contribution >= 0.6 is 15.9 Å². The lowest BCUT2D eigenvalue weighted by molar-refractivity contribution is -0.131.